The number of ether oxygens (including phenoxy) is 1. The van der Waals surface area contributed by atoms with Gasteiger partial charge in [0.15, 0.2) is 0 Å². The van der Waals surface area contributed by atoms with Gasteiger partial charge in [-0.2, -0.15) is 0 Å². The van der Waals surface area contributed by atoms with E-state index in [-0.39, 0.29) is 23.2 Å². The van der Waals surface area contributed by atoms with Crippen LogP contribution in [0.25, 0.3) is 0 Å². The monoisotopic (exact) mass is 345 g/mol. The van der Waals surface area contributed by atoms with Gasteiger partial charge in [0.2, 0.25) is 5.91 Å². The number of amides is 1. The predicted molar refractivity (Wildman–Crippen MR) is 78.9 cm³/mol. The van der Waals surface area contributed by atoms with Crippen molar-refractivity contribution in [1.29, 1.82) is 0 Å². The number of halogens is 4. The Morgan fingerprint density at radius 1 is 1.04 bits per heavy atom. The summed E-state index contributed by atoms with van der Waals surface area (Å²) in [5.41, 5.74) is 0.351. The smallest absolute Gasteiger partial charge is 0.406 e. The van der Waals surface area contributed by atoms with E-state index in [0.717, 1.165) is 17.0 Å². The van der Waals surface area contributed by atoms with E-state index in [1.54, 1.807) is 12.1 Å². The quantitative estimate of drug-likeness (QED) is 0.642. The SMILES string of the molecule is O=C(CSc1ccc(F)cc1)Nc1ccc(OC(F)(F)F)cc1. The maximum Gasteiger partial charge on any atom is 0.573 e. The molecule has 8 heteroatoms. The van der Waals surface area contributed by atoms with Gasteiger partial charge >= 0.3 is 6.36 Å². The second kappa shape index (κ2) is 7.36. The van der Waals surface area contributed by atoms with Gasteiger partial charge in [-0.1, -0.05) is 0 Å². The number of rotatable bonds is 5. The number of alkyl halides is 3. The Hall–Kier alpha value is -2.22. The van der Waals surface area contributed by atoms with Gasteiger partial charge in [-0.3, -0.25) is 4.79 Å². The molecule has 2 aromatic carbocycles. The van der Waals surface area contributed by atoms with E-state index in [1.165, 1.54) is 36.0 Å². The van der Waals surface area contributed by atoms with E-state index < -0.39 is 6.36 Å². The zero-order valence-corrected chi connectivity index (χ0v) is 12.4. The molecular formula is C15H11F4NO2S. The highest BCUT2D eigenvalue weighted by Crippen LogP contribution is 2.24. The Balaban J connectivity index is 1.84. The number of benzene rings is 2. The lowest BCUT2D eigenvalue weighted by Crippen LogP contribution is -2.17. The first-order valence-electron chi connectivity index (χ1n) is 6.36. The molecule has 0 spiro atoms. The molecule has 2 aromatic rings. The van der Waals surface area contributed by atoms with Crippen LogP contribution in [0.1, 0.15) is 0 Å². The summed E-state index contributed by atoms with van der Waals surface area (Å²) in [5, 5.41) is 2.54. The van der Waals surface area contributed by atoms with Crippen LogP contribution in [0, 0.1) is 5.82 Å². The molecule has 0 radical (unpaired) electrons. The standard InChI is InChI=1S/C15H11F4NO2S/c16-10-1-7-13(8-2-10)23-9-14(21)20-11-3-5-12(6-4-11)22-15(17,18)19/h1-8H,9H2,(H,20,21). The van der Waals surface area contributed by atoms with Crippen LogP contribution >= 0.6 is 11.8 Å². The minimum absolute atomic E-state index is 0.0897. The summed E-state index contributed by atoms with van der Waals surface area (Å²) < 4.78 is 52.5. The van der Waals surface area contributed by atoms with Crippen molar-refractivity contribution in [2.75, 3.05) is 11.1 Å². The third-order valence-corrected chi connectivity index (χ3v) is 3.57. The van der Waals surface area contributed by atoms with E-state index in [4.69, 9.17) is 0 Å². The molecule has 0 aliphatic rings. The maximum atomic E-state index is 12.7. The van der Waals surface area contributed by atoms with Crippen molar-refractivity contribution in [2.24, 2.45) is 0 Å². The van der Waals surface area contributed by atoms with Gasteiger partial charge in [0, 0.05) is 10.6 Å². The van der Waals surface area contributed by atoms with Crippen molar-refractivity contribution in [2.45, 2.75) is 11.3 Å². The molecule has 0 aromatic heterocycles. The highest BCUT2D eigenvalue weighted by Gasteiger charge is 2.30. The fraction of sp³-hybridized carbons (Fsp3) is 0.133. The lowest BCUT2D eigenvalue weighted by atomic mass is 10.3. The second-order valence-corrected chi connectivity index (χ2v) is 5.41. The van der Waals surface area contributed by atoms with Crippen molar-refractivity contribution < 1.29 is 27.1 Å². The van der Waals surface area contributed by atoms with E-state index in [2.05, 4.69) is 10.1 Å². The Labute approximate surface area is 133 Å². The zero-order chi connectivity index (χ0) is 16.9. The lowest BCUT2D eigenvalue weighted by Gasteiger charge is -2.10. The van der Waals surface area contributed by atoms with Crippen molar-refractivity contribution in [1.82, 2.24) is 0 Å². The number of carbonyl (C=O) groups excluding carboxylic acids is 1. The van der Waals surface area contributed by atoms with E-state index in [9.17, 15) is 22.4 Å². The molecule has 0 aliphatic heterocycles. The molecule has 0 aliphatic carbocycles. The van der Waals surface area contributed by atoms with E-state index in [0.29, 0.717) is 5.69 Å². The van der Waals surface area contributed by atoms with Crippen molar-refractivity contribution in [3.63, 3.8) is 0 Å². The molecule has 1 N–H and O–H groups in total. The second-order valence-electron chi connectivity index (χ2n) is 4.36. The van der Waals surface area contributed by atoms with Gasteiger partial charge in [-0.15, -0.1) is 24.9 Å². The van der Waals surface area contributed by atoms with Crippen LogP contribution in [0.3, 0.4) is 0 Å². The molecule has 0 atom stereocenters. The molecule has 3 nitrogen and oxygen atoms in total. The Bertz CT molecular complexity index is 657. The van der Waals surface area contributed by atoms with Crippen LogP contribution in [0.5, 0.6) is 5.75 Å². The molecule has 0 bridgehead atoms. The summed E-state index contributed by atoms with van der Waals surface area (Å²) in [4.78, 5) is 12.5. The minimum atomic E-state index is -4.75. The van der Waals surface area contributed by atoms with Crippen LogP contribution in [0.15, 0.2) is 53.4 Å². The molecule has 122 valence electrons. The number of hydrogen-bond donors (Lipinski definition) is 1. The molecule has 2 rings (SSSR count). The number of carbonyl (C=O) groups is 1. The highest BCUT2D eigenvalue weighted by molar-refractivity contribution is 8.00. The van der Waals surface area contributed by atoms with Gasteiger partial charge in [-0.25, -0.2) is 4.39 Å². The number of nitrogens with one attached hydrogen (secondary N) is 1. The summed E-state index contributed by atoms with van der Waals surface area (Å²) >= 11 is 1.22. The maximum absolute atomic E-state index is 12.7. The van der Waals surface area contributed by atoms with Gasteiger partial charge in [0.1, 0.15) is 11.6 Å². The predicted octanol–water partition coefficient (Wildman–Crippen LogP) is 4.46. The lowest BCUT2D eigenvalue weighted by molar-refractivity contribution is -0.274. The third kappa shape index (κ3) is 6.19. The molecular weight excluding hydrogens is 334 g/mol. The fourth-order valence-corrected chi connectivity index (χ4v) is 2.32. The summed E-state index contributed by atoms with van der Waals surface area (Å²) in [6, 6.07) is 10.5. The number of anilines is 1. The molecule has 0 saturated heterocycles. The average molecular weight is 345 g/mol. The summed E-state index contributed by atoms with van der Waals surface area (Å²) in [6.45, 7) is 0. The molecule has 1 amide bonds. The number of hydrogen-bond acceptors (Lipinski definition) is 3. The van der Waals surface area contributed by atoms with Crippen LogP contribution in [-0.4, -0.2) is 18.0 Å². The van der Waals surface area contributed by atoms with E-state index in [1.807, 2.05) is 0 Å². The molecule has 0 fully saturated rings. The molecule has 0 saturated carbocycles. The van der Waals surface area contributed by atoms with Gasteiger partial charge in [0.25, 0.3) is 0 Å². The topological polar surface area (TPSA) is 38.3 Å². The van der Waals surface area contributed by atoms with Crippen LogP contribution in [0.4, 0.5) is 23.2 Å². The molecule has 0 heterocycles. The van der Waals surface area contributed by atoms with E-state index >= 15 is 0 Å². The van der Waals surface area contributed by atoms with Crippen molar-refractivity contribution >= 4 is 23.4 Å². The molecule has 23 heavy (non-hydrogen) atoms. The Morgan fingerprint density at radius 3 is 2.22 bits per heavy atom. The normalized spacial score (nSPS) is 11.1. The van der Waals surface area contributed by atoms with Crippen LogP contribution in [0.2, 0.25) is 0 Å². The van der Waals surface area contributed by atoms with Gasteiger partial charge < -0.3 is 10.1 Å². The summed E-state index contributed by atoms with van der Waals surface area (Å²) in [6.07, 6.45) is -4.75. The number of thioether (sulfide) groups is 1. The highest BCUT2D eigenvalue weighted by atomic mass is 32.2. The van der Waals surface area contributed by atoms with Gasteiger partial charge in [-0.05, 0) is 48.5 Å². The third-order valence-electron chi connectivity index (χ3n) is 2.56. The first kappa shape index (κ1) is 17.1. The minimum Gasteiger partial charge on any atom is -0.406 e. The zero-order valence-electron chi connectivity index (χ0n) is 11.6. The first-order chi connectivity index (χ1) is 10.8. The molecule has 0 unspecified atom stereocenters. The Kier molecular flexibility index (Phi) is 5.49. The summed E-state index contributed by atoms with van der Waals surface area (Å²) in [7, 11) is 0. The Morgan fingerprint density at radius 2 is 1.65 bits per heavy atom. The van der Waals surface area contributed by atoms with Crippen molar-refractivity contribution in [3.8, 4) is 5.75 Å². The average Bonchev–Trinajstić information content (AvgIpc) is 2.47. The van der Waals surface area contributed by atoms with Crippen molar-refractivity contribution in [3.05, 3.63) is 54.3 Å². The van der Waals surface area contributed by atoms with Crippen LogP contribution < -0.4 is 10.1 Å². The fourth-order valence-electron chi connectivity index (χ4n) is 1.62. The summed E-state index contributed by atoms with van der Waals surface area (Å²) in [5.74, 6) is -0.966. The van der Waals surface area contributed by atoms with Gasteiger partial charge in [0.05, 0.1) is 5.75 Å². The first-order valence-corrected chi connectivity index (χ1v) is 7.34. The largest absolute Gasteiger partial charge is 0.573 e. The van der Waals surface area contributed by atoms with Crippen LogP contribution in [-0.2, 0) is 4.79 Å².